The molecule has 5 nitrogen and oxygen atoms in total. The quantitative estimate of drug-likeness (QED) is 0.844. The van der Waals surface area contributed by atoms with E-state index in [1.807, 2.05) is 35.9 Å². The van der Waals surface area contributed by atoms with Crippen LogP contribution in [0.1, 0.15) is 19.5 Å². The van der Waals surface area contributed by atoms with Crippen LogP contribution in [0.3, 0.4) is 0 Å². The van der Waals surface area contributed by atoms with Crippen LogP contribution in [0, 0.1) is 0 Å². The number of hydrogen-bond donors (Lipinski definition) is 1. The first kappa shape index (κ1) is 12.6. The van der Waals surface area contributed by atoms with Crippen molar-refractivity contribution in [2.24, 2.45) is 0 Å². The molecule has 1 aromatic carbocycles. The van der Waals surface area contributed by atoms with Crippen molar-refractivity contribution in [3.63, 3.8) is 0 Å². The number of hydrogen-bond acceptors (Lipinski definition) is 4. The van der Waals surface area contributed by atoms with E-state index in [1.165, 1.54) is 0 Å². The van der Waals surface area contributed by atoms with E-state index in [0.717, 1.165) is 30.2 Å². The first-order valence-electron chi connectivity index (χ1n) is 6.18. The maximum absolute atomic E-state index is 5.42. The molecule has 2 rings (SSSR count). The Bertz CT molecular complexity index is 478. The molecule has 0 amide bonds. The number of aromatic nitrogens is 3. The van der Waals surface area contributed by atoms with Gasteiger partial charge in [-0.3, -0.25) is 0 Å². The van der Waals surface area contributed by atoms with Gasteiger partial charge in [0.2, 0.25) is 0 Å². The second-order valence-electron chi connectivity index (χ2n) is 3.84. The number of ether oxygens (including phenoxy) is 1. The molecular weight excluding hydrogens is 228 g/mol. The molecule has 0 fully saturated rings. The van der Waals surface area contributed by atoms with Crippen LogP contribution in [-0.4, -0.2) is 28.1 Å². The van der Waals surface area contributed by atoms with Gasteiger partial charge in [0.05, 0.1) is 24.2 Å². The van der Waals surface area contributed by atoms with Gasteiger partial charge >= 0.3 is 0 Å². The Labute approximate surface area is 107 Å². The van der Waals surface area contributed by atoms with Crippen LogP contribution in [-0.2, 0) is 6.54 Å². The smallest absolute Gasteiger partial charge is 0.119 e. The Morgan fingerprint density at radius 1 is 1.22 bits per heavy atom. The second kappa shape index (κ2) is 6.16. The molecule has 1 N–H and O–H groups in total. The average molecular weight is 246 g/mol. The highest BCUT2D eigenvalue weighted by molar-refractivity contribution is 5.37. The molecule has 0 bridgehead atoms. The summed E-state index contributed by atoms with van der Waals surface area (Å²) in [7, 11) is 0. The zero-order valence-electron chi connectivity index (χ0n) is 10.8. The third-order valence-electron chi connectivity index (χ3n) is 2.57. The zero-order chi connectivity index (χ0) is 12.8. The fourth-order valence-corrected chi connectivity index (χ4v) is 1.70. The van der Waals surface area contributed by atoms with Crippen LogP contribution in [0.2, 0.25) is 0 Å². The lowest BCUT2D eigenvalue weighted by molar-refractivity contribution is 0.340. The van der Waals surface area contributed by atoms with Gasteiger partial charge < -0.3 is 10.1 Å². The van der Waals surface area contributed by atoms with Crippen LogP contribution < -0.4 is 10.1 Å². The minimum Gasteiger partial charge on any atom is -0.494 e. The summed E-state index contributed by atoms with van der Waals surface area (Å²) in [5.74, 6) is 0.870. The van der Waals surface area contributed by atoms with E-state index < -0.39 is 0 Å². The third-order valence-corrected chi connectivity index (χ3v) is 2.57. The average Bonchev–Trinajstić information content (AvgIpc) is 2.86. The van der Waals surface area contributed by atoms with Crippen molar-refractivity contribution in [1.82, 2.24) is 20.3 Å². The lowest BCUT2D eigenvalue weighted by Crippen LogP contribution is -2.15. The summed E-state index contributed by atoms with van der Waals surface area (Å²) < 4.78 is 7.25. The molecule has 18 heavy (non-hydrogen) atoms. The first-order valence-corrected chi connectivity index (χ1v) is 6.18. The van der Waals surface area contributed by atoms with E-state index in [4.69, 9.17) is 4.74 Å². The summed E-state index contributed by atoms with van der Waals surface area (Å²) in [5, 5.41) is 11.3. The normalized spacial score (nSPS) is 10.6. The summed E-state index contributed by atoms with van der Waals surface area (Å²) in [6.07, 6.45) is 1.78. The van der Waals surface area contributed by atoms with E-state index in [0.29, 0.717) is 6.61 Å². The van der Waals surface area contributed by atoms with Crippen molar-refractivity contribution in [3.8, 4) is 11.4 Å². The van der Waals surface area contributed by atoms with Gasteiger partial charge in [0.15, 0.2) is 0 Å². The molecule has 96 valence electrons. The van der Waals surface area contributed by atoms with E-state index in [1.54, 1.807) is 6.20 Å². The summed E-state index contributed by atoms with van der Waals surface area (Å²) in [6, 6.07) is 7.85. The largest absolute Gasteiger partial charge is 0.494 e. The van der Waals surface area contributed by atoms with Gasteiger partial charge in [0.1, 0.15) is 5.75 Å². The Balaban J connectivity index is 2.17. The molecule has 0 aliphatic carbocycles. The van der Waals surface area contributed by atoms with Crippen LogP contribution in [0.5, 0.6) is 5.75 Å². The summed E-state index contributed by atoms with van der Waals surface area (Å²) in [4.78, 5) is 0. The summed E-state index contributed by atoms with van der Waals surface area (Å²) in [5.41, 5.74) is 2.03. The topological polar surface area (TPSA) is 52.0 Å². The molecule has 0 aliphatic rings. The third kappa shape index (κ3) is 2.87. The lowest BCUT2D eigenvalue weighted by Gasteiger charge is -2.08. The van der Waals surface area contributed by atoms with Gasteiger partial charge in [-0.1, -0.05) is 12.1 Å². The van der Waals surface area contributed by atoms with E-state index in [9.17, 15) is 0 Å². The molecule has 0 aliphatic heterocycles. The Morgan fingerprint density at radius 2 is 2.00 bits per heavy atom. The molecule has 0 saturated heterocycles. The molecule has 1 heterocycles. The van der Waals surface area contributed by atoms with Gasteiger partial charge in [-0.15, -0.1) is 5.10 Å². The number of rotatable bonds is 6. The zero-order valence-corrected chi connectivity index (χ0v) is 10.8. The van der Waals surface area contributed by atoms with E-state index >= 15 is 0 Å². The van der Waals surface area contributed by atoms with Crippen molar-refractivity contribution >= 4 is 0 Å². The highest BCUT2D eigenvalue weighted by atomic mass is 16.5. The van der Waals surface area contributed by atoms with Crippen LogP contribution in [0.4, 0.5) is 0 Å². The molecule has 0 saturated carbocycles. The SMILES string of the molecule is CCNCc1cnnn1-c1ccc(OCC)cc1. The monoisotopic (exact) mass is 246 g/mol. The van der Waals surface area contributed by atoms with Crippen LogP contribution in [0.25, 0.3) is 5.69 Å². The molecule has 2 aromatic rings. The van der Waals surface area contributed by atoms with Gasteiger partial charge in [0, 0.05) is 6.54 Å². The van der Waals surface area contributed by atoms with E-state index in [2.05, 4.69) is 22.6 Å². The minimum atomic E-state index is 0.675. The van der Waals surface area contributed by atoms with Crippen molar-refractivity contribution in [2.45, 2.75) is 20.4 Å². The van der Waals surface area contributed by atoms with Crippen molar-refractivity contribution < 1.29 is 4.74 Å². The van der Waals surface area contributed by atoms with Gasteiger partial charge in [-0.25, -0.2) is 4.68 Å². The second-order valence-corrected chi connectivity index (χ2v) is 3.84. The summed E-state index contributed by atoms with van der Waals surface area (Å²) >= 11 is 0. The molecule has 5 heteroatoms. The van der Waals surface area contributed by atoms with Crippen molar-refractivity contribution in [3.05, 3.63) is 36.2 Å². The number of nitrogens with one attached hydrogen (secondary N) is 1. The molecule has 0 spiro atoms. The highest BCUT2D eigenvalue weighted by Gasteiger charge is 2.05. The summed E-state index contributed by atoms with van der Waals surface area (Å²) in [6.45, 7) is 6.41. The molecular formula is C13H18N4O. The molecule has 1 aromatic heterocycles. The standard InChI is InChI=1S/C13H18N4O/c1-3-14-9-12-10-15-16-17(12)11-5-7-13(8-6-11)18-4-2/h5-8,10,14H,3-4,9H2,1-2H3. The minimum absolute atomic E-state index is 0.675. The van der Waals surface area contributed by atoms with Crippen molar-refractivity contribution in [1.29, 1.82) is 0 Å². The predicted octanol–water partition coefficient (Wildman–Crippen LogP) is 1.78. The Kier molecular flexibility index (Phi) is 4.30. The fourth-order valence-electron chi connectivity index (χ4n) is 1.70. The van der Waals surface area contributed by atoms with Gasteiger partial charge in [0.25, 0.3) is 0 Å². The van der Waals surface area contributed by atoms with Crippen molar-refractivity contribution in [2.75, 3.05) is 13.2 Å². The van der Waals surface area contributed by atoms with Crippen LogP contribution in [0.15, 0.2) is 30.5 Å². The van der Waals surface area contributed by atoms with Gasteiger partial charge in [-0.05, 0) is 37.7 Å². The maximum atomic E-state index is 5.42. The Morgan fingerprint density at radius 3 is 2.67 bits per heavy atom. The lowest BCUT2D eigenvalue weighted by atomic mass is 10.3. The number of benzene rings is 1. The number of nitrogens with zero attached hydrogens (tertiary/aromatic N) is 3. The molecule has 0 atom stereocenters. The fraction of sp³-hybridized carbons (Fsp3) is 0.385. The highest BCUT2D eigenvalue weighted by Crippen LogP contribution is 2.15. The molecule has 0 radical (unpaired) electrons. The van der Waals surface area contributed by atoms with Gasteiger partial charge in [-0.2, -0.15) is 0 Å². The van der Waals surface area contributed by atoms with E-state index in [-0.39, 0.29) is 0 Å². The first-order chi connectivity index (χ1) is 8.85. The predicted molar refractivity (Wildman–Crippen MR) is 69.9 cm³/mol. The van der Waals surface area contributed by atoms with Crippen LogP contribution >= 0.6 is 0 Å². The molecule has 0 unspecified atom stereocenters. The Hall–Kier alpha value is -1.88. The maximum Gasteiger partial charge on any atom is 0.119 e.